The van der Waals surface area contributed by atoms with Gasteiger partial charge in [0.05, 0.1) is 29.2 Å². The highest BCUT2D eigenvalue weighted by molar-refractivity contribution is 6.00. The fourth-order valence-electron chi connectivity index (χ4n) is 3.59. The van der Waals surface area contributed by atoms with E-state index in [9.17, 15) is 9.59 Å². The lowest BCUT2D eigenvalue weighted by atomic mass is 10.2. The van der Waals surface area contributed by atoms with Crippen molar-refractivity contribution in [1.82, 2.24) is 34.4 Å². The number of aromatic nitrogens is 5. The Morgan fingerprint density at radius 2 is 1.47 bits per heavy atom. The average Bonchev–Trinajstić information content (AvgIpc) is 3.47. The van der Waals surface area contributed by atoms with E-state index in [1.165, 1.54) is 11.0 Å². The van der Waals surface area contributed by atoms with E-state index in [4.69, 9.17) is 0 Å². The fraction of sp³-hybridized carbons (Fsp3) is 0.190. The number of hydrogen-bond donors (Lipinski definition) is 0. The Morgan fingerprint density at radius 1 is 0.767 bits per heavy atom. The van der Waals surface area contributed by atoms with Crippen LogP contribution in [0, 0.1) is 0 Å². The molecule has 0 bridgehead atoms. The zero-order valence-electron chi connectivity index (χ0n) is 16.1. The van der Waals surface area contributed by atoms with E-state index < -0.39 is 0 Å². The van der Waals surface area contributed by atoms with Gasteiger partial charge in [-0.1, -0.05) is 24.3 Å². The Hall–Kier alpha value is -4.01. The van der Waals surface area contributed by atoms with Crippen molar-refractivity contribution < 1.29 is 9.59 Å². The van der Waals surface area contributed by atoms with Gasteiger partial charge in [-0.2, -0.15) is 15.0 Å². The molecule has 5 rings (SSSR count). The van der Waals surface area contributed by atoms with E-state index in [-0.39, 0.29) is 11.8 Å². The molecular weight excluding hydrogens is 382 g/mol. The van der Waals surface area contributed by atoms with Gasteiger partial charge in [-0.15, -0.1) is 5.10 Å². The first kappa shape index (κ1) is 18.0. The maximum absolute atomic E-state index is 12.9. The van der Waals surface area contributed by atoms with Gasteiger partial charge in [-0.3, -0.25) is 9.59 Å². The largest absolute Gasteiger partial charge is 0.335 e. The van der Waals surface area contributed by atoms with Crippen LogP contribution in [0.5, 0.6) is 0 Å². The Morgan fingerprint density at radius 3 is 2.23 bits per heavy atom. The Kier molecular flexibility index (Phi) is 4.47. The third-order valence-corrected chi connectivity index (χ3v) is 5.21. The van der Waals surface area contributed by atoms with Crippen molar-refractivity contribution in [3.05, 3.63) is 78.4 Å². The summed E-state index contributed by atoms with van der Waals surface area (Å²) in [6.07, 6.45) is 4.88. The third-order valence-electron chi connectivity index (χ3n) is 5.21. The summed E-state index contributed by atoms with van der Waals surface area (Å²) in [6.45, 7) is 1.81. The van der Waals surface area contributed by atoms with Crippen LogP contribution in [-0.2, 0) is 0 Å². The number of pyridine rings is 1. The number of hydrogen-bond acceptors (Lipinski definition) is 5. The molecule has 0 aliphatic carbocycles. The molecular formula is C21H19N7O2. The highest BCUT2D eigenvalue weighted by Crippen LogP contribution is 2.15. The number of rotatable bonds is 3. The van der Waals surface area contributed by atoms with Crippen LogP contribution in [0.25, 0.3) is 11.2 Å². The van der Waals surface area contributed by atoms with Crippen molar-refractivity contribution in [2.45, 2.75) is 0 Å². The van der Waals surface area contributed by atoms with Crippen LogP contribution in [-0.4, -0.2) is 72.4 Å². The van der Waals surface area contributed by atoms with Crippen molar-refractivity contribution in [1.29, 1.82) is 0 Å². The summed E-state index contributed by atoms with van der Waals surface area (Å²) in [6, 6.07) is 15.1. The maximum Gasteiger partial charge on any atom is 0.276 e. The number of fused-ring (bicyclic) bond motifs is 1. The van der Waals surface area contributed by atoms with Crippen molar-refractivity contribution in [2.24, 2.45) is 0 Å². The minimum atomic E-state index is -0.180. The van der Waals surface area contributed by atoms with E-state index in [0.717, 1.165) is 11.2 Å². The molecule has 2 amide bonds. The van der Waals surface area contributed by atoms with Gasteiger partial charge >= 0.3 is 0 Å². The predicted octanol–water partition coefficient (Wildman–Crippen LogP) is 1.51. The second-order valence-corrected chi connectivity index (χ2v) is 7.03. The molecule has 0 N–H and O–H groups in total. The molecule has 0 radical (unpaired) electrons. The molecule has 1 saturated heterocycles. The first-order valence-corrected chi connectivity index (χ1v) is 9.69. The second-order valence-electron chi connectivity index (χ2n) is 7.03. The molecule has 0 saturated carbocycles. The maximum atomic E-state index is 12.9. The Balaban J connectivity index is 1.25. The second kappa shape index (κ2) is 7.43. The van der Waals surface area contributed by atoms with Gasteiger partial charge in [0.25, 0.3) is 11.8 Å². The summed E-state index contributed by atoms with van der Waals surface area (Å²) in [5.74, 6) is -0.251. The summed E-state index contributed by atoms with van der Waals surface area (Å²) >= 11 is 0. The van der Waals surface area contributed by atoms with Gasteiger partial charge < -0.3 is 9.80 Å². The highest BCUT2D eigenvalue weighted by Gasteiger charge is 2.28. The van der Waals surface area contributed by atoms with Crippen LogP contribution in [0.1, 0.15) is 20.8 Å². The number of amides is 2. The average molecular weight is 401 g/mol. The molecule has 1 aliphatic rings. The van der Waals surface area contributed by atoms with Gasteiger partial charge in [0.15, 0.2) is 5.69 Å². The van der Waals surface area contributed by atoms with E-state index >= 15 is 0 Å². The molecule has 150 valence electrons. The summed E-state index contributed by atoms with van der Waals surface area (Å²) in [7, 11) is 0. The lowest BCUT2D eigenvalue weighted by Crippen LogP contribution is -2.50. The summed E-state index contributed by atoms with van der Waals surface area (Å²) in [5.41, 5.74) is 2.43. The number of carbonyl (C=O) groups excluding carboxylic acids is 2. The lowest BCUT2D eigenvalue weighted by Gasteiger charge is -2.34. The van der Waals surface area contributed by atoms with Gasteiger partial charge in [0.1, 0.15) is 0 Å². The lowest BCUT2D eigenvalue weighted by molar-refractivity contribution is 0.0533. The first-order chi connectivity index (χ1) is 14.7. The van der Waals surface area contributed by atoms with E-state index in [0.29, 0.717) is 37.4 Å². The number of para-hydroxylation sites is 1. The van der Waals surface area contributed by atoms with Crippen LogP contribution in [0.3, 0.4) is 0 Å². The summed E-state index contributed by atoms with van der Waals surface area (Å²) in [4.78, 5) is 30.7. The smallest absolute Gasteiger partial charge is 0.276 e. The van der Waals surface area contributed by atoms with Crippen molar-refractivity contribution in [3.8, 4) is 5.69 Å². The Labute approximate surface area is 172 Å². The van der Waals surface area contributed by atoms with Crippen LogP contribution in [0.15, 0.2) is 67.1 Å². The van der Waals surface area contributed by atoms with Crippen LogP contribution in [0.2, 0.25) is 0 Å². The first-order valence-electron chi connectivity index (χ1n) is 9.69. The summed E-state index contributed by atoms with van der Waals surface area (Å²) < 4.78 is 1.68. The predicted molar refractivity (Wildman–Crippen MR) is 108 cm³/mol. The van der Waals surface area contributed by atoms with E-state index in [1.54, 1.807) is 20.5 Å². The quantitative estimate of drug-likeness (QED) is 0.519. The Bertz CT molecular complexity index is 1210. The van der Waals surface area contributed by atoms with Crippen molar-refractivity contribution in [2.75, 3.05) is 26.2 Å². The zero-order valence-corrected chi connectivity index (χ0v) is 16.1. The van der Waals surface area contributed by atoms with Crippen molar-refractivity contribution in [3.63, 3.8) is 0 Å². The van der Waals surface area contributed by atoms with E-state index in [1.807, 2.05) is 54.7 Å². The molecule has 1 fully saturated rings. The SMILES string of the molecule is O=C(c1cnn(-c2ccccc2)n1)N1CCN(C(=O)c2cnn3ccccc23)CC1. The molecule has 1 aliphatic heterocycles. The monoisotopic (exact) mass is 401 g/mol. The van der Waals surface area contributed by atoms with Crippen LogP contribution >= 0.6 is 0 Å². The molecule has 4 aromatic rings. The molecule has 3 aromatic heterocycles. The standard InChI is InChI=1S/C21H19N7O2/c29-20(17-14-22-27-9-5-4-8-19(17)27)25-10-12-26(13-11-25)21(30)18-15-23-28(24-18)16-6-2-1-3-7-16/h1-9,14-15H,10-13H2. The number of piperazine rings is 1. The number of carbonyl (C=O) groups is 2. The van der Waals surface area contributed by atoms with Gasteiger partial charge in [0.2, 0.25) is 0 Å². The van der Waals surface area contributed by atoms with Crippen LogP contribution < -0.4 is 0 Å². The van der Waals surface area contributed by atoms with Crippen LogP contribution in [0.4, 0.5) is 0 Å². The van der Waals surface area contributed by atoms with Gasteiger partial charge in [0, 0.05) is 32.4 Å². The molecule has 0 unspecified atom stereocenters. The third kappa shape index (κ3) is 3.20. The molecule has 4 heterocycles. The number of benzene rings is 1. The minimum absolute atomic E-state index is 0.0710. The minimum Gasteiger partial charge on any atom is -0.335 e. The van der Waals surface area contributed by atoms with E-state index in [2.05, 4.69) is 15.3 Å². The van der Waals surface area contributed by atoms with Crippen molar-refractivity contribution >= 4 is 17.3 Å². The topological polar surface area (TPSA) is 88.6 Å². The molecule has 1 aromatic carbocycles. The summed E-state index contributed by atoms with van der Waals surface area (Å²) in [5, 5.41) is 12.7. The highest BCUT2D eigenvalue weighted by atomic mass is 16.2. The molecule has 30 heavy (non-hydrogen) atoms. The number of nitrogens with zero attached hydrogens (tertiary/aromatic N) is 7. The zero-order chi connectivity index (χ0) is 20.5. The normalized spacial score (nSPS) is 14.3. The van der Waals surface area contributed by atoms with Gasteiger partial charge in [-0.05, 0) is 24.3 Å². The molecule has 9 heteroatoms. The fourth-order valence-corrected chi connectivity index (χ4v) is 3.59. The van der Waals surface area contributed by atoms with Gasteiger partial charge in [-0.25, -0.2) is 4.52 Å². The molecule has 0 spiro atoms. The molecule has 0 atom stereocenters. The molecule has 9 nitrogen and oxygen atoms in total.